The van der Waals surface area contributed by atoms with Crippen molar-refractivity contribution < 1.29 is 21.6 Å². The summed E-state index contributed by atoms with van der Waals surface area (Å²) in [5, 5.41) is 17.8. The third-order valence-corrected chi connectivity index (χ3v) is 1.75. The lowest BCUT2D eigenvalue weighted by molar-refractivity contribution is 0.340. The van der Waals surface area contributed by atoms with Crippen molar-refractivity contribution in [2.24, 2.45) is 0 Å². The molecule has 0 unspecified atom stereocenters. The van der Waals surface area contributed by atoms with E-state index in [0.29, 0.717) is 0 Å². The van der Waals surface area contributed by atoms with Crippen LogP contribution in [-0.4, -0.2) is 23.7 Å². The van der Waals surface area contributed by atoms with Crippen molar-refractivity contribution in [1.82, 2.24) is 0 Å². The molecule has 13 heavy (non-hydrogen) atoms. The molecule has 0 heterocycles. The average Bonchev–Trinajstić information content (AvgIpc) is 2.14. The van der Waals surface area contributed by atoms with Gasteiger partial charge in [0.15, 0.2) is 0 Å². The second kappa shape index (κ2) is 4.51. The first-order valence-electron chi connectivity index (χ1n) is 5.89. The first-order chi connectivity index (χ1) is 8.04. The molecule has 0 aliphatic rings. The normalized spacial score (nSPS) is 17.6. The Balaban J connectivity index is 2.97. The van der Waals surface area contributed by atoms with Crippen LogP contribution in [0.1, 0.15) is 13.7 Å². The summed E-state index contributed by atoms with van der Waals surface area (Å²) in [7, 11) is -1.77. The van der Waals surface area contributed by atoms with Crippen molar-refractivity contribution in [3.05, 3.63) is 23.2 Å². The smallest absolute Gasteiger partial charge is 0.489 e. The van der Waals surface area contributed by atoms with Crippen LogP contribution in [0, 0.1) is 0 Å². The molecule has 3 nitrogen and oxygen atoms in total. The maximum Gasteiger partial charge on any atom is 0.489 e. The summed E-state index contributed by atoms with van der Waals surface area (Å²) in [5.41, 5.74) is 0.0125. The van der Waals surface area contributed by atoms with Gasteiger partial charge in [-0.3, -0.25) is 0 Å². The highest BCUT2D eigenvalue weighted by Gasteiger charge is 2.15. The lowest BCUT2D eigenvalue weighted by atomic mass is 9.80. The number of benzene rings is 1. The fraction of sp³-hybridized carbons (Fsp3) is 0.250. The minimum atomic E-state index is -2.95. The summed E-state index contributed by atoms with van der Waals surface area (Å²) in [6.45, 7) is -5.82. The highest BCUT2D eigenvalue weighted by atomic mass is 35.5. The van der Waals surface area contributed by atoms with Gasteiger partial charge >= 0.3 is 7.12 Å². The molecule has 70 valence electrons. The lowest BCUT2D eigenvalue weighted by Gasteiger charge is -2.06. The molecule has 0 saturated carbocycles. The Morgan fingerprint density at radius 2 is 2.46 bits per heavy atom. The van der Waals surface area contributed by atoms with Gasteiger partial charge in [-0.05, 0) is 19.0 Å². The second-order valence-corrected chi connectivity index (χ2v) is 2.67. The minimum Gasteiger partial charge on any atom is -0.494 e. The van der Waals surface area contributed by atoms with E-state index >= 15 is 0 Å². The van der Waals surface area contributed by atoms with Gasteiger partial charge in [0.2, 0.25) is 0 Å². The molecule has 0 spiro atoms. The molecule has 0 radical (unpaired) electrons. The van der Waals surface area contributed by atoms with Gasteiger partial charge in [0.1, 0.15) is 5.75 Å². The van der Waals surface area contributed by atoms with E-state index in [0.717, 1.165) is 6.07 Å². The Morgan fingerprint density at radius 1 is 1.69 bits per heavy atom. The van der Waals surface area contributed by atoms with Crippen LogP contribution in [0.2, 0.25) is 5.02 Å². The van der Waals surface area contributed by atoms with Gasteiger partial charge in [-0.25, -0.2) is 0 Å². The van der Waals surface area contributed by atoms with Gasteiger partial charge in [0.25, 0.3) is 0 Å². The monoisotopic (exact) mass is 205 g/mol. The summed E-state index contributed by atoms with van der Waals surface area (Å²) < 4.78 is 40.1. The number of hydrogen-bond acceptors (Lipinski definition) is 3. The third kappa shape index (κ3) is 2.62. The zero-order chi connectivity index (χ0) is 14.1. The Kier molecular flexibility index (Phi) is 1.82. The second-order valence-electron chi connectivity index (χ2n) is 2.26. The third-order valence-electron chi connectivity index (χ3n) is 1.42. The molecule has 0 aromatic heterocycles. The Bertz CT molecular complexity index is 437. The van der Waals surface area contributed by atoms with Gasteiger partial charge in [-0.15, -0.1) is 0 Å². The van der Waals surface area contributed by atoms with E-state index in [1.165, 1.54) is 12.1 Å². The molecule has 2 N–H and O–H groups in total. The van der Waals surface area contributed by atoms with E-state index < -0.39 is 20.5 Å². The summed E-state index contributed by atoms with van der Waals surface area (Å²) in [5.74, 6) is -0.120. The molecule has 0 aliphatic carbocycles. The number of ether oxygens (including phenoxy) is 1. The van der Waals surface area contributed by atoms with Crippen molar-refractivity contribution >= 4 is 24.2 Å². The van der Waals surface area contributed by atoms with Crippen LogP contribution in [0.4, 0.5) is 0 Å². The van der Waals surface area contributed by atoms with Crippen LogP contribution in [-0.2, 0) is 0 Å². The summed E-state index contributed by atoms with van der Waals surface area (Å²) in [6.07, 6.45) is 0. The van der Waals surface area contributed by atoms with Crippen LogP contribution in [0.15, 0.2) is 18.2 Å². The average molecular weight is 205 g/mol. The molecular weight excluding hydrogens is 190 g/mol. The van der Waals surface area contributed by atoms with Crippen LogP contribution < -0.4 is 10.2 Å². The van der Waals surface area contributed by atoms with Gasteiger partial charge < -0.3 is 14.8 Å². The van der Waals surface area contributed by atoms with E-state index in [2.05, 4.69) is 0 Å². The largest absolute Gasteiger partial charge is 0.494 e. The van der Waals surface area contributed by atoms with E-state index in [4.69, 9.17) is 33.2 Å². The highest BCUT2D eigenvalue weighted by molar-refractivity contribution is 6.62. The molecule has 1 aromatic carbocycles. The quantitative estimate of drug-likeness (QED) is 0.703. The van der Waals surface area contributed by atoms with Gasteiger partial charge in [-0.1, -0.05) is 17.7 Å². The Labute approximate surface area is 89.1 Å². The van der Waals surface area contributed by atoms with Crippen molar-refractivity contribution in [3.63, 3.8) is 0 Å². The van der Waals surface area contributed by atoms with E-state index in [1.54, 1.807) is 0 Å². The highest BCUT2D eigenvalue weighted by Crippen LogP contribution is 2.15. The number of rotatable bonds is 3. The van der Waals surface area contributed by atoms with Gasteiger partial charge in [0.05, 0.1) is 9.30 Å². The standard InChI is InChI=1S/C8H10BClO3/c1-2-13-6-3-4-7(9(11)12)8(10)5-6/h3-5,11-12H,2H2,1H3/i1D3,2D2. The number of halogens is 1. The molecule has 0 fully saturated rings. The van der Waals surface area contributed by atoms with Crippen LogP contribution in [0.25, 0.3) is 0 Å². The molecule has 0 atom stereocenters. The molecule has 0 amide bonds. The number of hydrogen-bond donors (Lipinski definition) is 2. The van der Waals surface area contributed by atoms with Crippen LogP contribution in [0.3, 0.4) is 0 Å². The van der Waals surface area contributed by atoms with E-state index in [-0.39, 0.29) is 16.2 Å². The Hall–Kier alpha value is -0.705. The fourth-order valence-corrected chi connectivity index (χ4v) is 1.11. The summed E-state index contributed by atoms with van der Waals surface area (Å²) >= 11 is 5.70. The molecule has 1 rings (SSSR count). The predicted octanol–water partition coefficient (Wildman–Crippen LogP) is 0.418. The lowest BCUT2D eigenvalue weighted by Crippen LogP contribution is -2.30. The zero-order valence-electron chi connectivity index (χ0n) is 11.5. The van der Waals surface area contributed by atoms with Gasteiger partial charge in [-0.2, -0.15) is 0 Å². The van der Waals surface area contributed by atoms with Crippen molar-refractivity contribution in [3.8, 4) is 5.75 Å². The Morgan fingerprint density at radius 3 is 3.00 bits per heavy atom. The van der Waals surface area contributed by atoms with Crippen LogP contribution in [0.5, 0.6) is 5.75 Å². The first-order valence-corrected chi connectivity index (χ1v) is 3.77. The molecule has 1 aromatic rings. The molecular formula is C8H10BClO3. The summed E-state index contributed by atoms with van der Waals surface area (Å²) in [4.78, 5) is 0. The summed E-state index contributed by atoms with van der Waals surface area (Å²) in [6, 6.07) is 3.52. The molecule has 0 bridgehead atoms. The molecule has 0 aliphatic heterocycles. The SMILES string of the molecule is [2H]C([2H])([2H])C([2H])([2H])Oc1ccc(B(O)O)c(Cl)c1. The molecule has 0 saturated heterocycles. The topological polar surface area (TPSA) is 49.7 Å². The predicted molar refractivity (Wildman–Crippen MR) is 52.4 cm³/mol. The van der Waals surface area contributed by atoms with Crippen molar-refractivity contribution in [1.29, 1.82) is 0 Å². The zero-order valence-corrected chi connectivity index (χ0v) is 7.25. The van der Waals surface area contributed by atoms with E-state index in [1.807, 2.05) is 0 Å². The maximum absolute atomic E-state index is 8.92. The van der Waals surface area contributed by atoms with Crippen molar-refractivity contribution in [2.75, 3.05) is 6.56 Å². The van der Waals surface area contributed by atoms with Crippen molar-refractivity contribution in [2.45, 2.75) is 6.85 Å². The first kappa shape index (κ1) is 5.24. The van der Waals surface area contributed by atoms with E-state index in [9.17, 15) is 0 Å². The fourth-order valence-electron chi connectivity index (χ4n) is 0.840. The minimum absolute atomic E-state index is 0.0125. The maximum atomic E-state index is 8.92. The van der Waals surface area contributed by atoms with Gasteiger partial charge in [0, 0.05) is 14.6 Å². The molecule has 5 heteroatoms. The van der Waals surface area contributed by atoms with Crippen LogP contribution >= 0.6 is 11.6 Å².